The summed E-state index contributed by atoms with van der Waals surface area (Å²) in [5.41, 5.74) is 0. The van der Waals surface area contributed by atoms with Gasteiger partial charge in [0.05, 0.1) is 6.16 Å². The average Bonchev–Trinajstić information content (AvgIpc) is 2.37. The van der Waals surface area contributed by atoms with E-state index in [1.54, 1.807) is 7.05 Å². The standard InChI is InChI=1S/C11H22N3O5P/c1-3-10(15)14(2)8-4-6-12-11(16)13-7-5-9-20(17,18)19/h3H,1,4-9H2,2H3,(H2,12,13,16)(H2,17,18,19). The van der Waals surface area contributed by atoms with Crippen molar-refractivity contribution in [2.24, 2.45) is 0 Å². The molecule has 0 bridgehead atoms. The van der Waals surface area contributed by atoms with Crippen LogP contribution in [-0.4, -0.2) is 59.5 Å². The van der Waals surface area contributed by atoms with Gasteiger partial charge in [0.1, 0.15) is 0 Å². The van der Waals surface area contributed by atoms with Crippen molar-refractivity contribution in [1.29, 1.82) is 0 Å². The highest BCUT2D eigenvalue weighted by molar-refractivity contribution is 7.51. The molecule has 116 valence electrons. The quantitative estimate of drug-likeness (QED) is 0.269. The Kier molecular flexibility index (Phi) is 8.87. The first kappa shape index (κ1) is 18.6. The Bertz CT molecular complexity index is 382. The number of likely N-dealkylation sites (N-methyl/N-ethyl adjacent to an activating group) is 1. The number of hydrogen-bond acceptors (Lipinski definition) is 3. The van der Waals surface area contributed by atoms with E-state index in [-0.39, 0.29) is 25.0 Å². The van der Waals surface area contributed by atoms with Gasteiger partial charge in [-0.15, -0.1) is 0 Å². The fourth-order valence-corrected chi connectivity index (χ4v) is 1.90. The van der Waals surface area contributed by atoms with Crippen LogP contribution in [0.15, 0.2) is 12.7 Å². The summed E-state index contributed by atoms with van der Waals surface area (Å²) >= 11 is 0. The number of urea groups is 1. The van der Waals surface area contributed by atoms with Crippen LogP contribution in [0.3, 0.4) is 0 Å². The molecule has 0 aromatic rings. The number of carbonyl (C=O) groups is 2. The molecule has 0 atom stereocenters. The second-order valence-corrected chi connectivity index (χ2v) is 6.02. The van der Waals surface area contributed by atoms with Gasteiger partial charge >= 0.3 is 13.6 Å². The fraction of sp³-hybridized carbons (Fsp3) is 0.636. The molecular weight excluding hydrogens is 285 g/mol. The molecular formula is C11H22N3O5P. The number of nitrogens with one attached hydrogen (secondary N) is 2. The van der Waals surface area contributed by atoms with E-state index < -0.39 is 13.6 Å². The van der Waals surface area contributed by atoms with Gasteiger partial charge in [-0.3, -0.25) is 9.36 Å². The van der Waals surface area contributed by atoms with E-state index in [0.29, 0.717) is 19.5 Å². The molecule has 0 aliphatic heterocycles. The third-order valence-electron chi connectivity index (χ3n) is 2.42. The van der Waals surface area contributed by atoms with Crippen LogP contribution in [0.1, 0.15) is 12.8 Å². The molecule has 0 heterocycles. The van der Waals surface area contributed by atoms with Crippen molar-refractivity contribution in [3.63, 3.8) is 0 Å². The minimum absolute atomic E-state index is 0.174. The molecule has 0 rings (SSSR count). The fourth-order valence-electron chi connectivity index (χ4n) is 1.33. The summed E-state index contributed by atoms with van der Waals surface area (Å²) in [4.78, 5) is 41.2. The lowest BCUT2D eigenvalue weighted by Crippen LogP contribution is -2.38. The Hall–Kier alpha value is -1.37. The lowest BCUT2D eigenvalue weighted by Gasteiger charge is -2.15. The Balaban J connectivity index is 3.57. The summed E-state index contributed by atoms with van der Waals surface area (Å²) in [6, 6.07) is -0.395. The van der Waals surface area contributed by atoms with Gasteiger partial charge in [0, 0.05) is 26.7 Å². The van der Waals surface area contributed by atoms with Gasteiger partial charge in [-0.25, -0.2) is 4.79 Å². The molecule has 0 unspecified atom stereocenters. The topological polar surface area (TPSA) is 119 Å². The molecule has 0 aliphatic carbocycles. The summed E-state index contributed by atoms with van der Waals surface area (Å²) in [6.45, 7) is 4.48. The van der Waals surface area contributed by atoms with Crippen LogP contribution in [0, 0.1) is 0 Å². The molecule has 4 N–H and O–H groups in total. The SMILES string of the molecule is C=CC(=O)N(C)CCCNC(=O)NCCCP(=O)(O)O. The lowest BCUT2D eigenvalue weighted by atomic mass is 10.4. The summed E-state index contributed by atoms with van der Waals surface area (Å²) in [5.74, 6) is -0.174. The summed E-state index contributed by atoms with van der Waals surface area (Å²) in [7, 11) is -2.35. The highest BCUT2D eigenvalue weighted by Gasteiger charge is 2.11. The molecule has 0 aliphatic rings. The molecule has 20 heavy (non-hydrogen) atoms. The van der Waals surface area contributed by atoms with Crippen molar-refractivity contribution in [1.82, 2.24) is 15.5 Å². The van der Waals surface area contributed by atoms with E-state index in [0.717, 1.165) is 0 Å². The lowest BCUT2D eigenvalue weighted by molar-refractivity contribution is -0.124. The molecule has 0 saturated carbocycles. The molecule has 9 heteroatoms. The first-order valence-corrected chi connectivity index (χ1v) is 8.00. The van der Waals surface area contributed by atoms with Crippen molar-refractivity contribution < 1.29 is 23.9 Å². The number of carbonyl (C=O) groups excluding carboxylic acids is 2. The number of amides is 3. The van der Waals surface area contributed by atoms with E-state index in [4.69, 9.17) is 9.79 Å². The Morgan fingerprint density at radius 1 is 1.25 bits per heavy atom. The Morgan fingerprint density at radius 3 is 2.30 bits per heavy atom. The van der Waals surface area contributed by atoms with Crippen molar-refractivity contribution in [2.45, 2.75) is 12.8 Å². The largest absolute Gasteiger partial charge is 0.342 e. The second kappa shape index (κ2) is 9.52. The van der Waals surface area contributed by atoms with Crippen molar-refractivity contribution >= 4 is 19.5 Å². The zero-order valence-corrected chi connectivity index (χ0v) is 12.4. The summed E-state index contributed by atoms with van der Waals surface area (Å²) in [5, 5.41) is 5.07. The van der Waals surface area contributed by atoms with Crippen LogP contribution in [0.25, 0.3) is 0 Å². The zero-order valence-electron chi connectivity index (χ0n) is 11.5. The Morgan fingerprint density at radius 2 is 1.80 bits per heavy atom. The maximum Gasteiger partial charge on any atom is 0.325 e. The zero-order chi connectivity index (χ0) is 15.6. The molecule has 3 amide bonds. The molecule has 0 fully saturated rings. The van der Waals surface area contributed by atoms with Crippen molar-refractivity contribution in [2.75, 3.05) is 32.8 Å². The first-order chi connectivity index (χ1) is 9.26. The maximum absolute atomic E-state index is 11.3. The third kappa shape index (κ3) is 10.5. The molecule has 0 spiro atoms. The summed E-state index contributed by atoms with van der Waals surface area (Å²) in [6.07, 6.45) is 1.79. The predicted octanol–water partition coefficient (Wildman–Crippen LogP) is -0.112. The van der Waals surface area contributed by atoms with Crippen molar-refractivity contribution in [3.05, 3.63) is 12.7 Å². The smallest absolute Gasteiger partial charge is 0.325 e. The van der Waals surface area contributed by atoms with Crippen LogP contribution in [-0.2, 0) is 9.36 Å². The normalized spacial score (nSPS) is 10.8. The van der Waals surface area contributed by atoms with Gasteiger partial charge in [-0.2, -0.15) is 0 Å². The molecule has 0 aromatic heterocycles. The van der Waals surface area contributed by atoms with Gasteiger partial charge in [0.15, 0.2) is 0 Å². The number of hydrogen-bond donors (Lipinski definition) is 4. The number of nitrogens with zero attached hydrogens (tertiary/aromatic N) is 1. The van der Waals surface area contributed by atoms with E-state index in [2.05, 4.69) is 17.2 Å². The predicted molar refractivity (Wildman–Crippen MR) is 75.4 cm³/mol. The van der Waals surface area contributed by atoms with E-state index >= 15 is 0 Å². The third-order valence-corrected chi connectivity index (χ3v) is 3.32. The highest BCUT2D eigenvalue weighted by atomic mass is 31.2. The minimum atomic E-state index is -3.99. The minimum Gasteiger partial charge on any atom is -0.342 e. The van der Waals surface area contributed by atoms with E-state index in [1.807, 2.05) is 0 Å². The average molecular weight is 307 g/mol. The molecule has 0 aromatic carbocycles. The Labute approximate surface area is 118 Å². The van der Waals surface area contributed by atoms with Gasteiger partial charge < -0.3 is 25.3 Å². The van der Waals surface area contributed by atoms with Crippen LogP contribution in [0.5, 0.6) is 0 Å². The van der Waals surface area contributed by atoms with Gasteiger partial charge in [-0.05, 0) is 18.9 Å². The van der Waals surface area contributed by atoms with Gasteiger partial charge in [-0.1, -0.05) is 6.58 Å². The van der Waals surface area contributed by atoms with Crippen LogP contribution >= 0.6 is 7.60 Å². The van der Waals surface area contributed by atoms with Gasteiger partial charge in [0.25, 0.3) is 0 Å². The van der Waals surface area contributed by atoms with Gasteiger partial charge in [0.2, 0.25) is 5.91 Å². The molecule has 8 nitrogen and oxygen atoms in total. The number of rotatable bonds is 9. The molecule has 0 radical (unpaired) electrons. The summed E-state index contributed by atoms with van der Waals surface area (Å²) < 4.78 is 10.6. The van der Waals surface area contributed by atoms with E-state index in [1.165, 1.54) is 11.0 Å². The van der Waals surface area contributed by atoms with Crippen LogP contribution < -0.4 is 10.6 Å². The first-order valence-electron chi connectivity index (χ1n) is 6.20. The maximum atomic E-state index is 11.3. The monoisotopic (exact) mass is 307 g/mol. The van der Waals surface area contributed by atoms with Crippen LogP contribution in [0.4, 0.5) is 4.79 Å². The van der Waals surface area contributed by atoms with Crippen LogP contribution in [0.2, 0.25) is 0 Å². The van der Waals surface area contributed by atoms with Crippen molar-refractivity contribution in [3.8, 4) is 0 Å². The molecule has 0 saturated heterocycles. The second-order valence-electron chi connectivity index (χ2n) is 4.24. The van der Waals surface area contributed by atoms with E-state index in [9.17, 15) is 14.2 Å². The highest BCUT2D eigenvalue weighted by Crippen LogP contribution is 2.34.